The van der Waals surface area contributed by atoms with Crippen molar-refractivity contribution in [3.8, 4) is 17.0 Å². The first kappa shape index (κ1) is 19.4. The van der Waals surface area contributed by atoms with Crippen LogP contribution in [-0.4, -0.2) is 11.7 Å². The zero-order valence-corrected chi connectivity index (χ0v) is 17.3. The molecule has 0 amide bonds. The third kappa shape index (κ3) is 5.10. The molecule has 0 saturated heterocycles. The second-order valence-corrected chi connectivity index (χ2v) is 7.63. The Hall–Kier alpha value is -2.33. The molecular formula is C23H28N2OS. The molecule has 27 heavy (non-hydrogen) atoms. The summed E-state index contributed by atoms with van der Waals surface area (Å²) in [4.78, 5) is 5.95. The van der Waals surface area contributed by atoms with Crippen molar-refractivity contribution >= 4 is 17.0 Å². The van der Waals surface area contributed by atoms with Gasteiger partial charge in [-0.15, -0.1) is 11.3 Å². The Morgan fingerprint density at radius 1 is 0.963 bits per heavy atom. The Bertz CT molecular complexity index is 905. The first-order valence-corrected chi connectivity index (χ1v) is 10.5. The summed E-state index contributed by atoms with van der Waals surface area (Å²) in [6, 6.07) is 16.7. The number of nitrogens with zero attached hydrogens (tertiary/aromatic N) is 2. The average Bonchev–Trinajstić information content (AvgIpc) is 3.09. The monoisotopic (exact) mass is 380 g/mol. The van der Waals surface area contributed by atoms with E-state index >= 15 is 0 Å². The third-order valence-corrected chi connectivity index (χ3v) is 5.54. The van der Waals surface area contributed by atoms with Crippen LogP contribution in [0.15, 0.2) is 58.9 Å². The first-order valence-electron chi connectivity index (χ1n) is 9.65. The molecule has 0 N–H and O–H groups in total. The van der Waals surface area contributed by atoms with Gasteiger partial charge in [-0.25, -0.2) is 4.99 Å². The van der Waals surface area contributed by atoms with Crippen LogP contribution in [0.5, 0.6) is 5.75 Å². The van der Waals surface area contributed by atoms with E-state index in [0.717, 1.165) is 22.8 Å². The molecule has 1 aromatic heterocycles. The van der Waals surface area contributed by atoms with Gasteiger partial charge >= 0.3 is 0 Å². The largest absolute Gasteiger partial charge is 0.497 e. The van der Waals surface area contributed by atoms with Crippen LogP contribution in [0.1, 0.15) is 38.2 Å². The third-order valence-electron chi connectivity index (χ3n) is 4.68. The smallest absolute Gasteiger partial charge is 0.190 e. The van der Waals surface area contributed by atoms with Gasteiger partial charge in [-0.3, -0.25) is 0 Å². The van der Waals surface area contributed by atoms with Crippen molar-refractivity contribution < 1.29 is 4.74 Å². The summed E-state index contributed by atoms with van der Waals surface area (Å²) >= 11 is 1.71. The van der Waals surface area contributed by atoms with E-state index in [0.29, 0.717) is 0 Å². The number of unbranched alkanes of at least 4 members (excludes halogenated alkanes) is 3. The molecule has 3 rings (SSSR count). The molecule has 0 bridgehead atoms. The highest BCUT2D eigenvalue weighted by Crippen LogP contribution is 2.23. The van der Waals surface area contributed by atoms with Gasteiger partial charge in [-0.05, 0) is 43.2 Å². The van der Waals surface area contributed by atoms with Gasteiger partial charge in [0, 0.05) is 11.9 Å². The lowest BCUT2D eigenvalue weighted by Crippen LogP contribution is -2.16. The molecule has 0 atom stereocenters. The maximum Gasteiger partial charge on any atom is 0.190 e. The summed E-state index contributed by atoms with van der Waals surface area (Å²) in [6.45, 7) is 5.38. The van der Waals surface area contributed by atoms with Crippen molar-refractivity contribution in [3.05, 3.63) is 64.3 Å². The zero-order valence-electron chi connectivity index (χ0n) is 16.4. The standard InChI is InChI=1S/C23H28N2OS/c1-4-5-6-7-16-25-22(19-10-8-18(2)9-11-19)17-27-23(25)24-20-12-14-21(26-3)15-13-20/h8-15,17H,4-7,16H2,1-3H3. The van der Waals surface area contributed by atoms with Crippen molar-refractivity contribution in [2.45, 2.75) is 46.1 Å². The number of hydrogen-bond acceptors (Lipinski definition) is 3. The lowest BCUT2D eigenvalue weighted by atomic mass is 10.1. The number of benzene rings is 2. The van der Waals surface area contributed by atoms with Crippen molar-refractivity contribution in [1.82, 2.24) is 4.57 Å². The molecule has 0 fully saturated rings. The van der Waals surface area contributed by atoms with Crippen molar-refractivity contribution in [2.75, 3.05) is 7.11 Å². The highest BCUT2D eigenvalue weighted by molar-refractivity contribution is 7.07. The number of hydrogen-bond donors (Lipinski definition) is 0. The van der Waals surface area contributed by atoms with Gasteiger partial charge in [-0.1, -0.05) is 56.0 Å². The normalized spacial score (nSPS) is 11.7. The average molecular weight is 381 g/mol. The SMILES string of the molecule is CCCCCCn1c(-c2ccc(C)cc2)csc1=Nc1ccc(OC)cc1. The van der Waals surface area contributed by atoms with Gasteiger partial charge in [0.2, 0.25) is 0 Å². The minimum atomic E-state index is 0.855. The second-order valence-electron chi connectivity index (χ2n) is 6.79. The maximum absolute atomic E-state index is 5.25. The molecule has 0 spiro atoms. The summed E-state index contributed by atoms with van der Waals surface area (Å²) in [6.07, 6.45) is 4.98. The summed E-state index contributed by atoms with van der Waals surface area (Å²) in [7, 11) is 1.68. The van der Waals surface area contributed by atoms with Crippen molar-refractivity contribution in [2.24, 2.45) is 4.99 Å². The number of aryl methyl sites for hydroxylation is 1. The van der Waals surface area contributed by atoms with Crippen molar-refractivity contribution in [1.29, 1.82) is 0 Å². The number of aromatic nitrogens is 1. The van der Waals surface area contributed by atoms with Crippen LogP contribution in [0.2, 0.25) is 0 Å². The number of rotatable bonds is 8. The summed E-state index contributed by atoms with van der Waals surface area (Å²) in [5, 5.41) is 2.23. The van der Waals surface area contributed by atoms with E-state index < -0.39 is 0 Å². The van der Waals surface area contributed by atoms with Crippen LogP contribution in [0.3, 0.4) is 0 Å². The summed E-state index contributed by atoms with van der Waals surface area (Å²) in [5.41, 5.74) is 4.74. The summed E-state index contributed by atoms with van der Waals surface area (Å²) in [5.74, 6) is 0.855. The Kier molecular flexibility index (Phi) is 6.88. The van der Waals surface area contributed by atoms with E-state index in [1.165, 1.54) is 42.5 Å². The van der Waals surface area contributed by atoms with Gasteiger partial charge < -0.3 is 9.30 Å². The molecule has 0 radical (unpaired) electrons. The van der Waals surface area contributed by atoms with E-state index in [1.807, 2.05) is 24.3 Å². The molecule has 2 aromatic carbocycles. The summed E-state index contributed by atoms with van der Waals surface area (Å²) < 4.78 is 7.62. The fourth-order valence-electron chi connectivity index (χ4n) is 3.05. The topological polar surface area (TPSA) is 26.5 Å². The Morgan fingerprint density at radius 3 is 2.37 bits per heavy atom. The van der Waals surface area contributed by atoms with E-state index in [1.54, 1.807) is 18.4 Å². The van der Waals surface area contributed by atoms with Gasteiger partial charge in [-0.2, -0.15) is 0 Å². The fraction of sp³-hybridized carbons (Fsp3) is 0.348. The molecule has 3 aromatic rings. The predicted octanol–water partition coefficient (Wildman–Crippen LogP) is 6.35. The van der Waals surface area contributed by atoms with Crippen molar-refractivity contribution in [3.63, 3.8) is 0 Å². The van der Waals surface area contributed by atoms with E-state index in [2.05, 4.69) is 48.1 Å². The quantitative estimate of drug-likeness (QED) is 0.418. The van der Waals surface area contributed by atoms with Crippen LogP contribution < -0.4 is 9.54 Å². The molecule has 0 aliphatic rings. The minimum absolute atomic E-state index is 0.855. The molecule has 3 nitrogen and oxygen atoms in total. The van der Waals surface area contributed by atoms with E-state index in [-0.39, 0.29) is 0 Å². The van der Waals surface area contributed by atoms with Gasteiger partial charge in [0.25, 0.3) is 0 Å². The predicted molar refractivity (Wildman–Crippen MR) is 115 cm³/mol. The zero-order chi connectivity index (χ0) is 19.1. The number of thiazole rings is 1. The van der Waals surface area contributed by atoms with E-state index in [4.69, 9.17) is 9.73 Å². The van der Waals surface area contributed by atoms with Gasteiger partial charge in [0.05, 0.1) is 18.5 Å². The lowest BCUT2D eigenvalue weighted by Gasteiger charge is -2.09. The Balaban J connectivity index is 1.96. The van der Waals surface area contributed by atoms with Crippen LogP contribution in [0, 0.1) is 6.92 Å². The van der Waals surface area contributed by atoms with Crippen LogP contribution >= 0.6 is 11.3 Å². The second kappa shape index (κ2) is 9.56. The number of ether oxygens (including phenoxy) is 1. The van der Waals surface area contributed by atoms with E-state index in [9.17, 15) is 0 Å². The minimum Gasteiger partial charge on any atom is -0.497 e. The molecule has 0 saturated carbocycles. The van der Waals surface area contributed by atoms with Gasteiger partial charge in [0.1, 0.15) is 5.75 Å². The van der Waals surface area contributed by atoms with Crippen LogP contribution in [-0.2, 0) is 6.54 Å². The van der Waals surface area contributed by atoms with Crippen LogP contribution in [0.4, 0.5) is 5.69 Å². The van der Waals surface area contributed by atoms with Gasteiger partial charge in [0.15, 0.2) is 4.80 Å². The first-order chi connectivity index (χ1) is 13.2. The maximum atomic E-state index is 5.25. The lowest BCUT2D eigenvalue weighted by molar-refractivity contribution is 0.415. The molecular weight excluding hydrogens is 352 g/mol. The molecule has 1 heterocycles. The highest BCUT2D eigenvalue weighted by atomic mass is 32.1. The molecule has 4 heteroatoms. The van der Waals surface area contributed by atoms with Crippen LogP contribution in [0.25, 0.3) is 11.3 Å². The number of methoxy groups -OCH3 is 1. The molecule has 0 unspecified atom stereocenters. The Morgan fingerprint density at radius 2 is 1.70 bits per heavy atom. The fourth-order valence-corrected chi connectivity index (χ4v) is 4.01. The highest BCUT2D eigenvalue weighted by Gasteiger charge is 2.08. The molecule has 0 aliphatic carbocycles. The molecule has 0 aliphatic heterocycles. The Labute approximate surface area is 166 Å². The molecule has 142 valence electrons.